The molecule has 0 spiro atoms. The molecular formula is C6H7ClFN3O. The zero-order chi connectivity index (χ0) is 9.30. The molecule has 2 N–H and O–H groups in total. The van der Waals surface area contributed by atoms with Gasteiger partial charge in [-0.2, -0.15) is 5.10 Å². The van der Waals surface area contributed by atoms with E-state index in [9.17, 15) is 9.18 Å². The summed E-state index contributed by atoms with van der Waals surface area (Å²) in [5.41, 5.74) is 3.03. The quantitative estimate of drug-likeness (QED) is 0.701. The average molecular weight is 192 g/mol. The number of halogens is 2. The Morgan fingerprint density at radius 1 is 1.92 bits per heavy atom. The Hall–Kier alpha value is -1.10. The zero-order valence-electron chi connectivity index (χ0n) is 6.29. The van der Waals surface area contributed by atoms with E-state index < -0.39 is 11.5 Å². The fourth-order valence-electron chi connectivity index (χ4n) is 0.857. The lowest BCUT2D eigenvalue weighted by Gasteiger charge is -1.95. The maximum Gasteiger partial charge on any atom is 0.252 e. The van der Waals surface area contributed by atoms with Crippen LogP contribution in [0.5, 0.6) is 0 Å². The maximum atomic E-state index is 12.5. The van der Waals surface area contributed by atoms with Crippen LogP contribution in [0, 0.1) is 0 Å². The van der Waals surface area contributed by atoms with Crippen LogP contribution in [0.15, 0.2) is 6.20 Å². The molecule has 66 valence electrons. The summed E-state index contributed by atoms with van der Waals surface area (Å²) in [4.78, 5) is 10.7. The Bertz CT molecular complexity index is 310. The molecular weight excluding hydrogens is 185 g/mol. The van der Waals surface area contributed by atoms with Crippen molar-refractivity contribution < 1.29 is 9.18 Å². The van der Waals surface area contributed by atoms with Crippen molar-refractivity contribution >= 4 is 17.5 Å². The van der Waals surface area contributed by atoms with Crippen LogP contribution in [0.3, 0.4) is 0 Å². The van der Waals surface area contributed by atoms with Crippen molar-refractivity contribution in [1.29, 1.82) is 0 Å². The van der Waals surface area contributed by atoms with Gasteiger partial charge in [-0.25, -0.2) is 4.39 Å². The smallest absolute Gasteiger partial charge is 0.252 e. The molecule has 0 aliphatic rings. The van der Waals surface area contributed by atoms with Crippen molar-refractivity contribution in [2.75, 3.05) is 0 Å². The van der Waals surface area contributed by atoms with E-state index in [2.05, 4.69) is 5.10 Å². The van der Waals surface area contributed by atoms with Crippen LogP contribution >= 0.6 is 11.6 Å². The van der Waals surface area contributed by atoms with Gasteiger partial charge in [-0.1, -0.05) is 11.6 Å². The summed E-state index contributed by atoms with van der Waals surface area (Å²) in [7, 11) is 1.55. The van der Waals surface area contributed by atoms with Gasteiger partial charge in [0.05, 0.1) is 5.56 Å². The van der Waals surface area contributed by atoms with Gasteiger partial charge in [0.25, 0.3) is 5.91 Å². The van der Waals surface area contributed by atoms with Gasteiger partial charge in [-0.3, -0.25) is 9.48 Å². The van der Waals surface area contributed by atoms with Crippen LogP contribution in [0.25, 0.3) is 0 Å². The monoisotopic (exact) mass is 191 g/mol. The lowest BCUT2D eigenvalue weighted by molar-refractivity contribution is 0.0998. The van der Waals surface area contributed by atoms with Crippen molar-refractivity contribution in [3.63, 3.8) is 0 Å². The molecule has 1 aromatic heterocycles. The van der Waals surface area contributed by atoms with Crippen molar-refractivity contribution in [3.05, 3.63) is 17.5 Å². The number of rotatable bonds is 2. The molecule has 12 heavy (non-hydrogen) atoms. The molecule has 1 atom stereocenters. The Balaban J connectivity index is 3.17. The van der Waals surface area contributed by atoms with Crippen LogP contribution in [0.1, 0.15) is 21.7 Å². The maximum absolute atomic E-state index is 12.5. The molecule has 1 rings (SSSR count). The Morgan fingerprint density at radius 2 is 2.50 bits per heavy atom. The van der Waals surface area contributed by atoms with Gasteiger partial charge in [-0.05, 0) is 0 Å². The molecule has 0 aliphatic heterocycles. The minimum Gasteiger partial charge on any atom is -0.365 e. The molecule has 0 radical (unpaired) electrons. The molecule has 0 saturated carbocycles. The predicted molar refractivity (Wildman–Crippen MR) is 41.4 cm³/mol. The number of aromatic nitrogens is 2. The van der Waals surface area contributed by atoms with Crippen LogP contribution in [0.4, 0.5) is 4.39 Å². The molecule has 0 aromatic carbocycles. The largest absolute Gasteiger partial charge is 0.365 e. The molecule has 6 heteroatoms. The molecule has 0 bridgehead atoms. The van der Waals surface area contributed by atoms with Crippen LogP contribution in [-0.4, -0.2) is 15.7 Å². The SMILES string of the molecule is Cn1cc(C(N)=O)c(C(F)Cl)n1. The summed E-state index contributed by atoms with van der Waals surface area (Å²) in [6, 6.07) is 0. The van der Waals surface area contributed by atoms with Crippen LogP contribution in [0.2, 0.25) is 0 Å². The number of primary amides is 1. The summed E-state index contributed by atoms with van der Waals surface area (Å²) in [5.74, 6) is -0.735. The first-order valence-electron chi connectivity index (χ1n) is 3.14. The number of hydrogen-bond acceptors (Lipinski definition) is 2. The number of nitrogens with two attached hydrogens (primary N) is 1. The normalized spacial score (nSPS) is 12.9. The highest BCUT2D eigenvalue weighted by Gasteiger charge is 2.18. The van der Waals surface area contributed by atoms with E-state index in [0.29, 0.717) is 0 Å². The van der Waals surface area contributed by atoms with E-state index in [1.165, 1.54) is 10.9 Å². The van der Waals surface area contributed by atoms with E-state index in [1.54, 1.807) is 7.05 Å². The number of hydrogen-bond donors (Lipinski definition) is 1. The van der Waals surface area contributed by atoms with Crippen LogP contribution in [-0.2, 0) is 7.05 Å². The van der Waals surface area contributed by atoms with E-state index >= 15 is 0 Å². The predicted octanol–water partition coefficient (Wildman–Crippen LogP) is 0.726. The standard InChI is InChI=1S/C6H7ClFN3O/c1-11-2-3(6(9)12)4(10-11)5(7)8/h2,5H,1H3,(H2,9,12). The van der Waals surface area contributed by atoms with Gasteiger partial charge in [0.15, 0.2) is 0 Å². The number of carbonyl (C=O) groups excluding carboxylic acids is 1. The zero-order valence-corrected chi connectivity index (χ0v) is 7.05. The highest BCUT2D eigenvalue weighted by molar-refractivity contribution is 6.20. The number of amides is 1. The molecule has 1 amide bonds. The Morgan fingerprint density at radius 3 is 2.83 bits per heavy atom. The van der Waals surface area contributed by atoms with Gasteiger partial charge in [0, 0.05) is 13.2 Å². The summed E-state index contributed by atoms with van der Waals surface area (Å²) >= 11 is 5.12. The summed E-state index contributed by atoms with van der Waals surface area (Å²) < 4.78 is 13.8. The molecule has 1 heterocycles. The summed E-state index contributed by atoms with van der Waals surface area (Å²) in [6.07, 6.45) is 1.33. The first kappa shape index (κ1) is 8.99. The minimum atomic E-state index is -1.80. The van der Waals surface area contributed by atoms with E-state index in [0.717, 1.165) is 0 Å². The lowest BCUT2D eigenvalue weighted by atomic mass is 10.2. The van der Waals surface area contributed by atoms with Crippen molar-refractivity contribution in [3.8, 4) is 0 Å². The number of aryl methyl sites for hydroxylation is 1. The number of carbonyl (C=O) groups is 1. The van der Waals surface area contributed by atoms with Gasteiger partial charge in [-0.15, -0.1) is 0 Å². The second kappa shape index (κ2) is 3.10. The molecule has 1 unspecified atom stereocenters. The fraction of sp³-hybridized carbons (Fsp3) is 0.333. The van der Waals surface area contributed by atoms with Crippen LogP contribution < -0.4 is 5.73 Å². The second-order valence-corrected chi connectivity index (χ2v) is 2.65. The molecule has 0 saturated heterocycles. The Kier molecular flexibility index (Phi) is 2.32. The number of alkyl halides is 2. The third kappa shape index (κ3) is 1.55. The van der Waals surface area contributed by atoms with Gasteiger partial charge >= 0.3 is 0 Å². The highest BCUT2D eigenvalue weighted by Crippen LogP contribution is 2.22. The first-order valence-corrected chi connectivity index (χ1v) is 3.57. The molecule has 0 fully saturated rings. The van der Waals surface area contributed by atoms with Gasteiger partial charge in [0.1, 0.15) is 5.69 Å². The van der Waals surface area contributed by atoms with Gasteiger partial charge < -0.3 is 5.73 Å². The van der Waals surface area contributed by atoms with Crippen molar-refractivity contribution in [2.45, 2.75) is 5.63 Å². The number of nitrogens with zero attached hydrogens (tertiary/aromatic N) is 2. The highest BCUT2D eigenvalue weighted by atomic mass is 35.5. The van der Waals surface area contributed by atoms with Gasteiger partial charge in [0.2, 0.25) is 5.63 Å². The molecule has 1 aromatic rings. The average Bonchev–Trinajstić information content (AvgIpc) is 2.31. The summed E-state index contributed by atoms with van der Waals surface area (Å²) in [6.45, 7) is 0. The van der Waals surface area contributed by atoms with E-state index in [1.807, 2.05) is 0 Å². The van der Waals surface area contributed by atoms with E-state index in [-0.39, 0.29) is 11.3 Å². The van der Waals surface area contributed by atoms with E-state index in [4.69, 9.17) is 17.3 Å². The van der Waals surface area contributed by atoms with Crippen molar-refractivity contribution in [2.24, 2.45) is 12.8 Å². The third-order valence-corrected chi connectivity index (χ3v) is 1.54. The van der Waals surface area contributed by atoms with Crippen molar-refractivity contribution in [1.82, 2.24) is 9.78 Å². The minimum absolute atomic E-state index is 0.0139. The Labute approximate surface area is 73.1 Å². The topological polar surface area (TPSA) is 60.9 Å². The first-order chi connectivity index (χ1) is 5.52. The fourth-order valence-corrected chi connectivity index (χ4v) is 1.02. The molecule has 4 nitrogen and oxygen atoms in total. The second-order valence-electron chi connectivity index (χ2n) is 2.27. The lowest BCUT2D eigenvalue weighted by Crippen LogP contribution is -2.12. The third-order valence-electron chi connectivity index (χ3n) is 1.33. The summed E-state index contributed by atoms with van der Waals surface area (Å²) in [5, 5.41) is 3.64. The molecule has 0 aliphatic carbocycles.